The third kappa shape index (κ3) is 5.46. The van der Waals surface area contributed by atoms with Crippen molar-refractivity contribution in [1.82, 2.24) is 5.32 Å². The molecule has 3 aromatic carbocycles. The highest BCUT2D eigenvalue weighted by Crippen LogP contribution is 2.44. The van der Waals surface area contributed by atoms with Crippen molar-refractivity contribution in [3.05, 3.63) is 98.7 Å². The Labute approximate surface area is 238 Å². The molecule has 3 aromatic rings. The van der Waals surface area contributed by atoms with Crippen molar-refractivity contribution >= 4 is 42.5 Å². The Morgan fingerprint density at radius 3 is 2.03 bits per heavy atom. The maximum Gasteiger partial charge on any atom is 0.492 e. The van der Waals surface area contributed by atoms with Gasteiger partial charge in [-0.25, -0.2) is 9.18 Å². The number of halogens is 3. The van der Waals surface area contributed by atoms with Crippen LogP contribution < -0.4 is 5.32 Å². The molecule has 39 heavy (non-hydrogen) atoms. The van der Waals surface area contributed by atoms with Crippen molar-refractivity contribution in [3.63, 3.8) is 0 Å². The lowest BCUT2D eigenvalue weighted by atomic mass is 9.77. The van der Waals surface area contributed by atoms with Gasteiger partial charge in [-0.05, 0) is 67.6 Å². The van der Waals surface area contributed by atoms with E-state index in [1.807, 2.05) is 52.0 Å². The number of hydrogen-bond donors (Lipinski definition) is 1. The molecule has 1 fully saturated rings. The summed E-state index contributed by atoms with van der Waals surface area (Å²) in [5.74, 6) is -0.603. The van der Waals surface area contributed by atoms with Crippen LogP contribution in [-0.2, 0) is 14.0 Å². The molecule has 9 heteroatoms. The van der Waals surface area contributed by atoms with Crippen molar-refractivity contribution in [2.24, 2.45) is 0 Å². The molecule has 202 valence electrons. The van der Waals surface area contributed by atoms with Crippen molar-refractivity contribution in [2.75, 3.05) is 13.2 Å². The minimum atomic E-state index is -0.791. The van der Waals surface area contributed by atoms with Gasteiger partial charge in [0.25, 0.3) is 0 Å². The quantitative estimate of drug-likeness (QED) is 0.310. The average Bonchev–Trinajstić information content (AvgIpc) is 3.31. The van der Waals surface area contributed by atoms with Gasteiger partial charge in [0, 0.05) is 18.0 Å². The Kier molecular flexibility index (Phi) is 7.55. The Morgan fingerprint density at radius 1 is 0.974 bits per heavy atom. The highest BCUT2D eigenvalue weighted by atomic mass is 35.5. The summed E-state index contributed by atoms with van der Waals surface area (Å²) in [5, 5.41) is 3.08. The zero-order valence-corrected chi connectivity index (χ0v) is 23.7. The van der Waals surface area contributed by atoms with Gasteiger partial charge in [0.1, 0.15) is 12.4 Å². The summed E-state index contributed by atoms with van der Waals surface area (Å²) in [6.45, 7) is 7.95. The predicted octanol–water partition coefficient (Wildman–Crippen LogP) is 7.69. The first-order chi connectivity index (χ1) is 18.5. The lowest BCUT2D eigenvalue weighted by molar-refractivity contribution is 0.00578. The Balaban J connectivity index is 1.33. The van der Waals surface area contributed by atoms with E-state index in [0.717, 1.165) is 22.3 Å². The first-order valence-corrected chi connectivity index (χ1v) is 13.5. The van der Waals surface area contributed by atoms with Crippen LogP contribution in [-0.4, -0.2) is 37.6 Å². The fourth-order valence-corrected chi connectivity index (χ4v) is 5.47. The largest absolute Gasteiger partial charge is 0.492 e. The average molecular weight is 568 g/mol. The Morgan fingerprint density at radius 2 is 1.49 bits per heavy atom. The standard InChI is InChI=1S/C30H29BCl2FNO4/c1-29(2)30(3,4)39-31(38-29)18(13-24-26(32)14-19(34)15-27(24)33)16-35-28(36)37-17-25-22-11-7-5-9-20(22)21-10-6-8-12-23(21)25/h5-15,25H,16-17H2,1-4H3,(H,35,36). The van der Waals surface area contributed by atoms with Gasteiger partial charge < -0.3 is 19.4 Å². The second-order valence-corrected chi connectivity index (χ2v) is 11.6. The van der Waals surface area contributed by atoms with Crippen LogP contribution in [0, 0.1) is 5.82 Å². The lowest BCUT2D eigenvalue weighted by Crippen LogP contribution is -2.41. The van der Waals surface area contributed by atoms with Gasteiger partial charge in [0.05, 0.1) is 21.2 Å². The van der Waals surface area contributed by atoms with Crippen LogP contribution in [0.5, 0.6) is 0 Å². The number of benzene rings is 3. The molecule has 0 atom stereocenters. The Hall–Kier alpha value is -2.84. The van der Waals surface area contributed by atoms with Gasteiger partial charge in [-0.2, -0.15) is 0 Å². The second-order valence-electron chi connectivity index (χ2n) is 10.8. The first-order valence-electron chi connectivity index (χ1n) is 12.8. The molecule has 0 saturated carbocycles. The van der Waals surface area contributed by atoms with E-state index >= 15 is 0 Å². The molecule has 1 aliphatic carbocycles. The summed E-state index contributed by atoms with van der Waals surface area (Å²) in [6.07, 6.45) is 1.08. The number of ether oxygens (including phenoxy) is 1. The summed E-state index contributed by atoms with van der Waals surface area (Å²) in [5.41, 5.74) is 4.29. The fourth-order valence-electron chi connectivity index (χ4n) is 4.90. The molecule has 0 aromatic heterocycles. The number of fused-ring (bicyclic) bond motifs is 3. The molecular formula is C30H29BCl2FNO4. The van der Waals surface area contributed by atoms with Crippen LogP contribution in [0.3, 0.4) is 0 Å². The maximum absolute atomic E-state index is 13.8. The summed E-state index contributed by atoms with van der Waals surface area (Å²) >= 11 is 12.6. The van der Waals surface area contributed by atoms with Gasteiger partial charge in [-0.1, -0.05) is 77.8 Å². The van der Waals surface area contributed by atoms with Gasteiger partial charge in [-0.3, -0.25) is 0 Å². The summed E-state index contributed by atoms with van der Waals surface area (Å²) in [7, 11) is -0.791. The molecular weight excluding hydrogens is 539 g/mol. The highest BCUT2D eigenvalue weighted by Gasteiger charge is 2.52. The zero-order valence-electron chi connectivity index (χ0n) is 22.2. The van der Waals surface area contributed by atoms with E-state index in [9.17, 15) is 9.18 Å². The molecule has 5 rings (SSSR count). The topological polar surface area (TPSA) is 56.8 Å². The number of nitrogens with one attached hydrogen (secondary N) is 1. The third-order valence-corrected chi connectivity index (χ3v) is 8.34. The van der Waals surface area contributed by atoms with Crippen LogP contribution in [0.4, 0.5) is 9.18 Å². The molecule has 2 aliphatic rings. The summed E-state index contributed by atoms with van der Waals surface area (Å²) in [4.78, 5) is 12.9. The fraction of sp³-hybridized carbons (Fsp3) is 0.300. The zero-order chi connectivity index (χ0) is 27.9. The van der Waals surface area contributed by atoms with Gasteiger partial charge >= 0.3 is 13.2 Å². The van der Waals surface area contributed by atoms with Crippen LogP contribution >= 0.6 is 23.2 Å². The Bertz CT molecular complexity index is 1370. The molecule has 1 amide bonds. The monoisotopic (exact) mass is 567 g/mol. The molecule has 1 N–H and O–H groups in total. The van der Waals surface area contributed by atoms with Crippen LogP contribution in [0.25, 0.3) is 17.2 Å². The molecule has 0 radical (unpaired) electrons. The minimum absolute atomic E-state index is 0.0392. The molecule has 1 saturated heterocycles. The SMILES string of the molecule is CC1(C)OB(C(=Cc2c(Cl)cc(F)cc2Cl)CNC(=O)OCC2c3ccccc3-c3ccccc32)OC1(C)C. The first kappa shape index (κ1) is 27.7. The lowest BCUT2D eigenvalue weighted by Gasteiger charge is -2.32. The number of rotatable bonds is 6. The van der Waals surface area contributed by atoms with E-state index in [0.29, 0.717) is 11.0 Å². The summed E-state index contributed by atoms with van der Waals surface area (Å²) < 4.78 is 31.9. The van der Waals surface area contributed by atoms with Crippen LogP contribution in [0.15, 0.2) is 66.1 Å². The normalized spacial score (nSPS) is 17.6. The molecule has 0 bridgehead atoms. The summed E-state index contributed by atoms with van der Waals surface area (Å²) in [6, 6.07) is 18.7. The van der Waals surface area contributed by atoms with E-state index in [4.69, 9.17) is 37.2 Å². The van der Waals surface area contributed by atoms with Crippen molar-refractivity contribution in [2.45, 2.75) is 44.8 Å². The molecule has 0 spiro atoms. The van der Waals surface area contributed by atoms with Gasteiger partial charge in [0.2, 0.25) is 0 Å². The minimum Gasteiger partial charge on any atom is -0.449 e. The molecule has 5 nitrogen and oxygen atoms in total. The highest BCUT2D eigenvalue weighted by molar-refractivity contribution is 6.56. The number of hydrogen-bond acceptors (Lipinski definition) is 4. The predicted molar refractivity (Wildman–Crippen MR) is 154 cm³/mol. The smallest absolute Gasteiger partial charge is 0.449 e. The number of amides is 1. The van der Waals surface area contributed by atoms with E-state index in [2.05, 4.69) is 29.6 Å². The molecule has 0 unspecified atom stereocenters. The van der Waals surface area contributed by atoms with E-state index in [-0.39, 0.29) is 29.1 Å². The van der Waals surface area contributed by atoms with Crippen molar-refractivity contribution in [1.29, 1.82) is 0 Å². The van der Waals surface area contributed by atoms with Crippen molar-refractivity contribution < 1.29 is 23.2 Å². The number of carbonyl (C=O) groups excluding carboxylic acids is 1. The number of carbonyl (C=O) groups is 1. The van der Waals surface area contributed by atoms with E-state index in [1.165, 1.54) is 12.1 Å². The van der Waals surface area contributed by atoms with Crippen LogP contribution in [0.2, 0.25) is 10.0 Å². The molecule has 1 aliphatic heterocycles. The third-order valence-electron chi connectivity index (χ3n) is 7.71. The maximum atomic E-state index is 13.8. The van der Waals surface area contributed by atoms with Gasteiger partial charge in [-0.15, -0.1) is 0 Å². The van der Waals surface area contributed by atoms with Crippen molar-refractivity contribution in [3.8, 4) is 11.1 Å². The number of alkyl carbamates (subject to hydrolysis) is 1. The van der Waals surface area contributed by atoms with Gasteiger partial charge in [0.15, 0.2) is 0 Å². The second kappa shape index (κ2) is 10.6. The van der Waals surface area contributed by atoms with E-state index < -0.39 is 30.2 Å². The van der Waals surface area contributed by atoms with Crippen LogP contribution in [0.1, 0.15) is 50.3 Å². The molecule has 1 heterocycles. The van der Waals surface area contributed by atoms with E-state index in [1.54, 1.807) is 6.08 Å².